The molecule has 0 radical (unpaired) electrons. The van der Waals surface area contributed by atoms with Crippen molar-refractivity contribution in [3.05, 3.63) is 58.6 Å². The van der Waals surface area contributed by atoms with Crippen LogP contribution in [0.25, 0.3) is 0 Å². The van der Waals surface area contributed by atoms with E-state index in [1.165, 1.54) is 24.3 Å². The number of hydrogen-bond donors (Lipinski definition) is 1. The van der Waals surface area contributed by atoms with Crippen LogP contribution < -0.4 is 10.1 Å². The second kappa shape index (κ2) is 8.67. The second-order valence-electron chi connectivity index (χ2n) is 8.36. The summed E-state index contributed by atoms with van der Waals surface area (Å²) >= 11 is 5.88. The van der Waals surface area contributed by atoms with Crippen LogP contribution in [0.15, 0.2) is 41.3 Å². The maximum atomic E-state index is 15.2. The third-order valence-electron chi connectivity index (χ3n) is 6.57. The Morgan fingerprint density at radius 2 is 1.76 bits per heavy atom. The third-order valence-corrected chi connectivity index (χ3v) is 9.38. The minimum atomic E-state index is -5.12. The standard InChI is InChI=1S/C22H19ClF5NO4S/c23-13-3-5-14(6-4-13)34(31,32)21-9-1-2-12(10-29-20(30)22(26,27)28)15(21)11-33-19-17(25)8-7-16(24)18(19)21/h3-8,12,15H,1-2,9-11H2,(H,29,30)/t12-,15-,21-/m0/s1. The Kier molecular flexibility index (Phi) is 6.30. The first-order valence-electron chi connectivity index (χ1n) is 10.4. The number of ether oxygens (including phenoxy) is 1. The van der Waals surface area contributed by atoms with Crippen molar-refractivity contribution in [2.24, 2.45) is 11.8 Å². The molecule has 4 rings (SSSR count). The molecule has 1 fully saturated rings. The molecule has 1 aliphatic carbocycles. The van der Waals surface area contributed by atoms with Gasteiger partial charge in [0.05, 0.1) is 17.1 Å². The molecule has 3 atom stereocenters. The van der Waals surface area contributed by atoms with Crippen molar-refractivity contribution in [2.75, 3.05) is 13.2 Å². The molecule has 1 aliphatic heterocycles. The lowest BCUT2D eigenvalue weighted by Gasteiger charge is -2.50. The summed E-state index contributed by atoms with van der Waals surface area (Å²) in [4.78, 5) is 11.2. The number of halogens is 6. The number of fused-ring (bicyclic) bond motifs is 3. The lowest BCUT2D eigenvalue weighted by molar-refractivity contribution is -0.174. The lowest BCUT2D eigenvalue weighted by Crippen LogP contribution is -2.56. The van der Waals surface area contributed by atoms with Gasteiger partial charge < -0.3 is 10.1 Å². The van der Waals surface area contributed by atoms with Crippen LogP contribution in [-0.2, 0) is 19.4 Å². The highest BCUT2D eigenvalue weighted by Gasteiger charge is 2.61. The molecule has 1 saturated carbocycles. The predicted molar refractivity (Wildman–Crippen MR) is 112 cm³/mol. The fourth-order valence-electron chi connectivity index (χ4n) is 5.08. The molecule has 34 heavy (non-hydrogen) atoms. The van der Waals surface area contributed by atoms with Gasteiger partial charge in [0.25, 0.3) is 0 Å². The van der Waals surface area contributed by atoms with Crippen molar-refractivity contribution in [3.8, 4) is 5.75 Å². The van der Waals surface area contributed by atoms with Gasteiger partial charge in [-0.05, 0) is 55.2 Å². The third kappa shape index (κ3) is 3.92. The van der Waals surface area contributed by atoms with Crippen molar-refractivity contribution in [1.29, 1.82) is 0 Å². The zero-order valence-electron chi connectivity index (χ0n) is 17.5. The number of hydrogen-bond acceptors (Lipinski definition) is 4. The Balaban J connectivity index is 1.87. The largest absolute Gasteiger partial charge is 0.490 e. The average Bonchev–Trinajstić information content (AvgIpc) is 2.78. The maximum absolute atomic E-state index is 15.2. The van der Waals surface area contributed by atoms with E-state index in [2.05, 4.69) is 0 Å². The fourth-order valence-corrected chi connectivity index (χ4v) is 7.65. The van der Waals surface area contributed by atoms with E-state index in [0.717, 1.165) is 12.1 Å². The maximum Gasteiger partial charge on any atom is 0.471 e. The highest BCUT2D eigenvalue weighted by Crippen LogP contribution is 2.58. The normalized spacial score (nSPS) is 24.5. The summed E-state index contributed by atoms with van der Waals surface area (Å²) in [6, 6.07) is 6.78. The summed E-state index contributed by atoms with van der Waals surface area (Å²) in [6.45, 7) is -0.886. The summed E-state index contributed by atoms with van der Waals surface area (Å²) in [7, 11) is -4.43. The Hall–Kier alpha value is -2.40. The molecule has 0 saturated heterocycles. The topological polar surface area (TPSA) is 72.5 Å². The number of alkyl halides is 3. The molecule has 1 heterocycles. The summed E-state index contributed by atoms with van der Waals surface area (Å²) in [5.41, 5.74) is -0.481. The van der Waals surface area contributed by atoms with E-state index in [-0.39, 0.29) is 35.8 Å². The monoisotopic (exact) mass is 523 g/mol. The number of rotatable bonds is 4. The summed E-state index contributed by atoms with van der Waals surface area (Å²) in [6.07, 6.45) is -4.78. The number of benzene rings is 2. The van der Waals surface area contributed by atoms with Gasteiger partial charge in [0.1, 0.15) is 10.6 Å². The van der Waals surface area contributed by atoms with Gasteiger partial charge in [-0.15, -0.1) is 0 Å². The van der Waals surface area contributed by atoms with Crippen LogP contribution in [0.3, 0.4) is 0 Å². The van der Waals surface area contributed by atoms with Crippen LogP contribution in [-0.4, -0.2) is 33.7 Å². The van der Waals surface area contributed by atoms with Crippen LogP contribution >= 0.6 is 11.6 Å². The Labute approximate surface area is 197 Å². The average molecular weight is 524 g/mol. The van der Waals surface area contributed by atoms with E-state index < -0.39 is 68.0 Å². The van der Waals surface area contributed by atoms with E-state index in [1.807, 2.05) is 0 Å². The molecule has 1 amide bonds. The molecule has 0 spiro atoms. The van der Waals surface area contributed by atoms with Gasteiger partial charge in [-0.25, -0.2) is 17.2 Å². The molecular weight excluding hydrogens is 505 g/mol. The first kappa shape index (κ1) is 24.7. The van der Waals surface area contributed by atoms with Crippen molar-refractivity contribution in [1.82, 2.24) is 5.32 Å². The quantitative estimate of drug-likeness (QED) is 0.586. The van der Waals surface area contributed by atoms with Crippen LogP contribution in [0.5, 0.6) is 5.75 Å². The Bertz CT molecular complexity index is 1220. The second-order valence-corrected chi connectivity index (χ2v) is 11.0. The molecular formula is C22H19ClF5NO4S. The van der Waals surface area contributed by atoms with Crippen LogP contribution in [0.1, 0.15) is 24.8 Å². The molecule has 0 bridgehead atoms. The van der Waals surface area contributed by atoms with Crippen molar-refractivity contribution in [2.45, 2.75) is 35.1 Å². The molecule has 12 heteroatoms. The van der Waals surface area contributed by atoms with Crippen LogP contribution in [0.4, 0.5) is 22.0 Å². The van der Waals surface area contributed by atoms with Gasteiger partial charge >= 0.3 is 12.1 Å². The molecule has 5 nitrogen and oxygen atoms in total. The molecule has 2 aromatic rings. The Morgan fingerprint density at radius 3 is 2.41 bits per heavy atom. The van der Waals surface area contributed by atoms with Gasteiger partial charge in [0.15, 0.2) is 21.4 Å². The number of nitrogens with one attached hydrogen (secondary N) is 1. The molecule has 0 aromatic heterocycles. The summed E-state index contributed by atoms with van der Waals surface area (Å²) < 4.78 is 99.6. The predicted octanol–water partition coefficient (Wildman–Crippen LogP) is 4.77. The highest BCUT2D eigenvalue weighted by molar-refractivity contribution is 7.92. The lowest BCUT2D eigenvalue weighted by atomic mass is 9.67. The summed E-state index contributed by atoms with van der Waals surface area (Å²) in [5, 5.41) is 2.05. The van der Waals surface area contributed by atoms with Gasteiger partial charge in [0.2, 0.25) is 0 Å². The number of carbonyl (C=O) groups is 1. The van der Waals surface area contributed by atoms with Gasteiger partial charge in [-0.3, -0.25) is 4.79 Å². The van der Waals surface area contributed by atoms with E-state index in [1.54, 1.807) is 5.32 Å². The number of amides is 1. The molecule has 184 valence electrons. The van der Waals surface area contributed by atoms with E-state index in [9.17, 15) is 30.8 Å². The fraction of sp³-hybridized carbons (Fsp3) is 0.409. The van der Waals surface area contributed by atoms with Gasteiger partial charge in [0, 0.05) is 17.5 Å². The molecule has 1 N–H and O–H groups in total. The first-order chi connectivity index (χ1) is 15.9. The van der Waals surface area contributed by atoms with E-state index in [4.69, 9.17) is 16.3 Å². The minimum absolute atomic E-state index is 0.108. The smallest absolute Gasteiger partial charge is 0.471 e. The minimum Gasteiger partial charge on any atom is -0.490 e. The summed E-state index contributed by atoms with van der Waals surface area (Å²) in [5.74, 6) is -6.52. The van der Waals surface area contributed by atoms with Crippen LogP contribution in [0.2, 0.25) is 5.02 Å². The SMILES string of the molecule is O=C(NC[C@@H]1CCC[C@@]2(S(=O)(=O)c3ccc(Cl)cc3)c3c(F)ccc(F)c3OC[C@@H]12)C(F)(F)F. The Morgan fingerprint density at radius 1 is 1.12 bits per heavy atom. The van der Waals surface area contributed by atoms with Crippen molar-refractivity contribution >= 4 is 27.3 Å². The highest BCUT2D eigenvalue weighted by atomic mass is 35.5. The molecule has 0 unspecified atom stereocenters. The number of sulfone groups is 1. The van der Waals surface area contributed by atoms with Gasteiger partial charge in [-0.1, -0.05) is 18.0 Å². The zero-order valence-corrected chi connectivity index (χ0v) is 19.0. The number of carbonyl (C=O) groups excluding carboxylic acids is 1. The molecule has 2 aromatic carbocycles. The van der Waals surface area contributed by atoms with Crippen molar-refractivity contribution in [3.63, 3.8) is 0 Å². The van der Waals surface area contributed by atoms with Gasteiger partial charge in [-0.2, -0.15) is 13.2 Å². The zero-order chi connectivity index (χ0) is 24.9. The van der Waals surface area contributed by atoms with E-state index >= 15 is 4.39 Å². The van der Waals surface area contributed by atoms with Crippen LogP contribution in [0, 0.1) is 23.5 Å². The first-order valence-corrected chi connectivity index (χ1v) is 12.2. The van der Waals surface area contributed by atoms with Crippen molar-refractivity contribution < 1.29 is 39.9 Å². The molecule has 2 aliphatic rings. The van der Waals surface area contributed by atoms with E-state index in [0.29, 0.717) is 0 Å².